The first kappa shape index (κ1) is 15.9. The van der Waals surface area contributed by atoms with Crippen molar-refractivity contribution in [1.82, 2.24) is 15.6 Å². The third-order valence-electron chi connectivity index (χ3n) is 3.19. The Morgan fingerprint density at radius 2 is 2.20 bits per heavy atom. The van der Waals surface area contributed by atoms with E-state index in [0.29, 0.717) is 19.4 Å². The molecule has 1 aromatic heterocycles. The molecule has 20 heavy (non-hydrogen) atoms. The van der Waals surface area contributed by atoms with Crippen LogP contribution in [0.2, 0.25) is 0 Å². The molecule has 0 aliphatic carbocycles. The van der Waals surface area contributed by atoms with Gasteiger partial charge in [0.1, 0.15) is 6.04 Å². The zero-order valence-corrected chi connectivity index (χ0v) is 11.8. The lowest BCUT2D eigenvalue weighted by molar-refractivity contribution is -0.140. The number of aliphatic carboxylic acids is 1. The fourth-order valence-electron chi connectivity index (χ4n) is 1.74. The van der Waals surface area contributed by atoms with E-state index in [1.54, 1.807) is 19.3 Å². The zero-order chi connectivity index (χ0) is 15.0. The number of pyridine rings is 1. The van der Waals surface area contributed by atoms with Crippen molar-refractivity contribution in [2.24, 2.45) is 5.92 Å². The molecule has 2 atom stereocenters. The molecule has 1 rings (SSSR count). The maximum Gasteiger partial charge on any atom is 0.326 e. The van der Waals surface area contributed by atoms with E-state index in [2.05, 4.69) is 15.6 Å². The number of hydrogen-bond donors (Lipinski definition) is 3. The van der Waals surface area contributed by atoms with Crippen LogP contribution in [0.5, 0.6) is 0 Å². The first-order chi connectivity index (χ1) is 9.54. The third kappa shape index (κ3) is 5.26. The Balaban J connectivity index is 2.37. The third-order valence-corrected chi connectivity index (χ3v) is 3.19. The molecule has 0 aromatic carbocycles. The van der Waals surface area contributed by atoms with Gasteiger partial charge in [-0.3, -0.25) is 4.98 Å². The first-order valence-corrected chi connectivity index (χ1v) is 6.70. The highest BCUT2D eigenvalue weighted by molar-refractivity contribution is 5.82. The minimum Gasteiger partial charge on any atom is -0.480 e. The molecule has 0 saturated carbocycles. The van der Waals surface area contributed by atoms with E-state index in [4.69, 9.17) is 5.11 Å². The largest absolute Gasteiger partial charge is 0.480 e. The average molecular weight is 279 g/mol. The molecule has 3 N–H and O–H groups in total. The monoisotopic (exact) mass is 279 g/mol. The maximum absolute atomic E-state index is 11.7. The maximum atomic E-state index is 11.7. The quantitative estimate of drug-likeness (QED) is 0.704. The molecule has 0 spiro atoms. The average Bonchev–Trinajstić information content (AvgIpc) is 2.45. The fraction of sp³-hybridized carbons (Fsp3) is 0.500. The summed E-state index contributed by atoms with van der Waals surface area (Å²) in [6.45, 7) is 4.13. The lowest BCUT2D eigenvalue weighted by Gasteiger charge is -2.20. The van der Waals surface area contributed by atoms with Crippen LogP contribution in [0.3, 0.4) is 0 Å². The van der Waals surface area contributed by atoms with Gasteiger partial charge in [-0.2, -0.15) is 0 Å². The van der Waals surface area contributed by atoms with E-state index in [-0.39, 0.29) is 5.92 Å². The van der Waals surface area contributed by atoms with Crippen LogP contribution < -0.4 is 10.6 Å². The minimum atomic E-state index is -1.01. The summed E-state index contributed by atoms with van der Waals surface area (Å²) >= 11 is 0. The van der Waals surface area contributed by atoms with Gasteiger partial charge in [-0.25, -0.2) is 9.59 Å². The van der Waals surface area contributed by atoms with Gasteiger partial charge in [0, 0.05) is 18.9 Å². The molecule has 6 nitrogen and oxygen atoms in total. The Bertz CT molecular complexity index is 437. The SMILES string of the molecule is CCC(C)C(NC(=O)NCCc1cccnc1)C(=O)O. The molecule has 0 fully saturated rings. The van der Waals surface area contributed by atoms with E-state index in [1.807, 2.05) is 19.1 Å². The normalized spacial score (nSPS) is 13.3. The molecule has 0 bridgehead atoms. The summed E-state index contributed by atoms with van der Waals surface area (Å²) in [7, 11) is 0. The second kappa shape index (κ2) is 8.14. The molecule has 2 unspecified atom stereocenters. The Kier molecular flexibility index (Phi) is 6.49. The van der Waals surface area contributed by atoms with Crippen molar-refractivity contribution in [2.75, 3.05) is 6.54 Å². The molecule has 1 aromatic rings. The summed E-state index contributed by atoms with van der Waals surface area (Å²) in [5.74, 6) is -1.13. The van der Waals surface area contributed by atoms with E-state index in [9.17, 15) is 9.59 Å². The molecule has 0 saturated heterocycles. The number of carbonyl (C=O) groups is 2. The van der Waals surface area contributed by atoms with Gasteiger partial charge in [-0.1, -0.05) is 26.3 Å². The number of aromatic nitrogens is 1. The van der Waals surface area contributed by atoms with Crippen molar-refractivity contribution < 1.29 is 14.7 Å². The van der Waals surface area contributed by atoms with Crippen LogP contribution >= 0.6 is 0 Å². The fourth-order valence-corrected chi connectivity index (χ4v) is 1.74. The predicted molar refractivity (Wildman–Crippen MR) is 75.4 cm³/mol. The molecule has 0 aliphatic heterocycles. The first-order valence-electron chi connectivity index (χ1n) is 6.70. The Morgan fingerprint density at radius 3 is 2.75 bits per heavy atom. The second-order valence-electron chi connectivity index (χ2n) is 4.71. The van der Waals surface area contributed by atoms with E-state index >= 15 is 0 Å². The number of carbonyl (C=O) groups excluding carboxylic acids is 1. The smallest absolute Gasteiger partial charge is 0.326 e. The van der Waals surface area contributed by atoms with Crippen molar-refractivity contribution in [3.63, 3.8) is 0 Å². The number of urea groups is 1. The van der Waals surface area contributed by atoms with Crippen LogP contribution in [0.25, 0.3) is 0 Å². The van der Waals surface area contributed by atoms with Gasteiger partial charge in [-0.05, 0) is 24.0 Å². The van der Waals surface area contributed by atoms with Gasteiger partial charge in [0.15, 0.2) is 0 Å². The summed E-state index contributed by atoms with van der Waals surface area (Å²) in [6.07, 6.45) is 4.77. The topological polar surface area (TPSA) is 91.3 Å². The van der Waals surface area contributed by atoms with E-state index in [1.165, 1.54) is 0 Å². The van der Waals surface area contributed by atoms with Gasteiger partial charge in [0.2, 0.25) is 0 Å². The van der Waals surface area contributed by atoms with Crippen LogP contribution in [-0.4, -0.2) is 34.7 Å². The minimum absolute atomic E-state index is 0.114. The van der Waals surface area contributed by atoms with Crippen molar-refractivity contribution in [3.05, 3.63) is 30.1 Å². The summed E-state index contributed by atoms with van der Waals surface area (Å²) in [5.41, 5.74) is 1.02. The molecular formula is C14H21N3O3. The van der Waals surface area contributed by atoms with Gasteiger partial charge in [0.05, 0.1) is 0 Å². The van der Waals surface area contributed by atoms with Crippen LogP contribution in [0.15, 0.2) is 24.5 Å². The highest BCUT2D eigenvalue weighted by atomic mass is 16.4. The highest BCUT2D eigenvalue weighted by Crippen LogP contribution is 2.07. The molecule has 0 aliphatic rings. The lowest BCUT2D eigenvalue weighted by Crippen LogP contribution is -2.49. The molecule has 1 heterocycles. The van der Waals surface area contributed by atoms with Crippen molar-refractivity contribution in [2.45, 2.75) is 32.7 Å². The van der Waals surface area contributed by atoms with E-state index < -0.39 is 18.0 Å². The molecular weight excluding hydrogens is 258 g/mol. The van der Waals surface area contributed by atoms with Gasteiger partial charge >= 0.3 is 12.0 Å². The summed E-state index contributed by atoms with van der Waals surface area (Å²) in [4.78, 5) is 26.7. The standard InChI is InChI=1S/C14H21N3O3/c1-3-10(2)12(13(18)19)17-14(20)16-8-6-11-5-4-7-15-9-11/h4-5,7,9-10,12H,3,6,8H2,1-2H3,(H,18,19)(H2,16,17,20). The Hall–Kier alpha value is -2.11. The van der Waals surface area contributed by atoms with Crippen LogP contribution in [0.1, 0.15) is 25.8 Å². The number of hydrogen-bond acceptors (Lipinski definition) is 3. The zero-order valence-electron chi connectivity index (χ0n) is 11.8. The van der Waals surface area contributed by atoms with Crippen molar-refractivity contribution in [1.29, 1.82) is 0 Å². The van der Waals surface area contributed by atoms with Crippen molar-refractivity contribution in [3.8, 4) is 0 Å². The number of rotatable bonds is 7. The van der Waals surface area contributed by atoms with E-state index in [0.717, 1.165) is 5.56 Å². The van der Waals surface area contributed by atoms with Gasteiger partial charge in [-0.15, -0.1) is 0 Å². The number of nitrogens with zero attached hydrogens (tertiary/aromatic N) is 1. The Morgan fingerprint density at radius 1 is 1.45 bits per heavy atom. The Labute approximate surface area is 118 Å². The molecule has 6 heteroatoms. The molecule has 0 radical (unpaired) electrons. The summed E-state index contributed by atoms with van der Waals surface area (Å²) in [6, 6.07) is 2.44. The van der Waals surface area contributed by atoms with Crippen LogP contribution in [0, 0.1) is 5.92 Å². The summed E-state index contributed by atoms with van der Waals surface area (Å²) < 4.78 is 0. The number of carboxylic acids is 1. The number of nitrogens with one attached hydrogen (secondary N) is 2. The van der Waals surface area contributed by atoms with Crippen LogP contribution in [-0.2, 0) is 11.2 Å². The highest BCUT2D eigenvalue weighted by Gasteiger charge is 2.24. The predicted octanol–water partition coefficient (Wildman–Crippen LogP) is 1.42. The number of amides is 2. The molecule has 2 amide bonds. The van der Waals surface area contributed by atoms with Crippen molar-refractivity contribution >= 4 is 12.0 Å². The summed E-state index contributed by atoms with van der Waals surface area (Å²) in [5, 5.41) is 14.2. The van der Waals surface area contributed by atoms with Gasteiger partial charge < -0.3 is 15.7 Å². The number of carboxylic acid groups (broad SMARTS) is 1. The second-order valence-corrected chi connectivity index (χ2v) is 4.71. The molecule has 110 valence electrons. The van der Waals surface area contributed by atoms with Gasteiger partial charge in [0.25, 0.3) is 0 Å². The lowest BCUT2D eigenvalue weighted by atomic mass is 9.99. The van der Waals surface area contributed by atoms with Crippen LogP contribution in [0.4, 0.5) is 4.79 Å².